The molecule has 0 radical (unpaired) electrons. The lowest BCUT2D eigenvalue weighted by atomic mass is 10.1. The smallest absolute Gasteiger partial charge is 0.343 e. The first kappa shape index (κ1) is 14.0. The van der Waals surface area contributed by atoms with E-state index in [1.807, 2.05) is 48.6 Å². The van der Waals surface area contributed by atoms with E-state index in [1.54, 1.807) is 17.4 Å². The summed E-state index contributed by atoms with van der Waals surface area (Å²) in [6.07, 6.45) is 3.86. The molecule has 0 saturated carbocycles. The van der Waals surface area contributed by atoms with Gasteiger partial charge in [-0.15, -0.1) is 11.3 Å². The van der Waals surface area contributed by atoms with Crippen LogP contribution in [0, 0.1) is 6.92 Å². The fraction of sp³-hybridized carbons (Fsp3) is 0.0500. The summed E-state index contributed by atoms with van der Waals surface area (Å²) in [7, 11) is 0. The van der Waals surface area contributed by atoms with Crippen molar-refractivity contribution in [2.45, 2.75) is 6.92 Å². The predicted molar refractivity (Wildman–Crippen MR) is 98.0 cm³/mol. The molecule has 2 aromatic heterocycles. The van der Waals surface area contributed by atoms with Gasteiger partial charge in [0.1, 0.15) is 5.58 Å². The van der Waals surface area contributed by atoms with Crippen molar-refractivity contribution in [3.8, 4) is 0 Å². The van der Waals surface area contributed by atoms with Gasteiger partial charge in [-0.2, -0.15) is 0 Å². The monoisotopic (exact) mass is 318 g/mol. The number of hydrogen-bond acceptors (Lipinski definition) is 3. The Morgan fingerprint density at radius 2 is 1.78 bits per heavy atom. The number of hydrogen-bond donors (Lipinski definition) is 0. The third-order valence-electron chi connectivity index (χ3n) is 3.92. The Morgan fingerprint density at radius 3 is 2.70 bits per heavy atom. The van der Waals surface area contributed by atoms with Crippen LogP contribution in [-0.4, -0.2) is 0 Å². The van der Waals surface area contributed by atoms with Crippen LogP contribution in [0.1, 0.15) is 16.0 Å². The first-order valence-electron chi connectivity index (χ1n) is 7.41. The molecule has 0 fully saturated rings. The molecule has 0 aliphatic rings. The highest BCUT2D eigenvalue weighted by atomic mass is 32.1. The Balaban J connectivity index is 1.83. The summed E-state index contributed by atoms with van der Waals surface area (Å²) in [4.78, 5) is 13.4. The van der Waals surface area contributed by atoms with E-state index in [0.717, 1.165) is 10.9 Å². The molecular formula is C20H14O2S. The van der Waals surface area contributed by atoms with Crippen LogP contribution in [0.3, 0.4) is 0 Å². The Bertz CT molecular complexity index is 1100. The van der Waals surface area contributed by atoms with Gasteiger partial charge in [-0.05, 0) is 42.1 Å². The number of para-hydroxylation sites is 1. The lowest BCUT2D eigenvalue weighted by molar-refractivity contribution is 0.559. The molecule has 112 valence electrons. The molecule has 0 N–H and O–H groups in total. The molecule has 0 aliphatic carbocycles. The van der Waals surface area contributed by atoms with Crippen molar-refractivity contribution < 1.29 is 4.42 Å². The van der Waals surface area contributed by atoms with Crippen molar-refractivity contribution in [3.63, 3.8) is 0 Å². The fourth-order valence-corrected chi connectivity index (χ4v) is 3.81. The van der Waals surface area contributed by atoms with Crippen molar-refractivity contribution in [1.29, 1.82) is 0 Å². The maximum atomic E-state index is 12.1. The minimum atomic E-state index is -0.308. The molecule has 0 aliphatic heterocycles. The highest BCUT2D eigenvalue weighted by Gasteiger charge is 2.06. The maximum Gasteiger partial charge on any atom is 0.343 e. The molecule has 0 atom stereocenters. The number of thiophene rings is 1. The number of rotatable bonds is 2. The van der Waals surface area contributed by atoms with Crippen LogP contribution >= 0.6 is 11.3 Å². The Labute approximate surface area is 137 Å². The Morgan fingerprint density at radius 1 is 1.00 bits per heavy atom. The molecule has 4 rings (SSSR count). The van der Waals surface area contributed by atoms with E-state index < -0.39 is 0 Å². The van der Waals surface area contributed by atoms with Crippen LogP contribution in [-0.2, 0) is 0 Å². The second-order valence-corrected chi connectivity index (χ2v) is 6.68. The summed E-state index contributed by atoms with van der Waals surface area (Å²) >= 11 is 1.77. The average Bonchev–Trinajstić information content (AvgIpc) is 2.88. The molecule has 0 spiro atoms. The third-order valence-corrected chi connectivity index (χ3v) is 5.02. The summed E-state index contributed by atoms with van der Waals surface area (Å²) in [6.45, 7) is 2.10. The summed E-state index contributed by atoms with van der Waals surface area (Å²) in [5.41, 5.74) is 2.04. The summed E-state index contributed by atoms with van der Waals surface area (Å²) in [5.74, 6) is 0. The van der Waals surface area contributed by atoms with Gasteiger partial charge in [0.05, 0.1) is 5.56 Å². The zero-order chi connectivity index (χ0) is 15.8. The molecule has 2 heterocycles. The van der Waals surface area contributed by atoms with E-state index in [-0.39, 0.29) is 5.63 Å². The lowest BCUT2D eigenvalue weighted by Crippen LogP contribution is -2.02. The van der Waals surface area contributed by atoms with E-state index >= 15 is 0 Å². The Kier molecular flexibility index (Phi) is 3.36. The van der Waals surface area contributed by atoms with Gasteiger partial charge in [0.2, 0.25) is 0 Å². The molecule has 2 aromatic carbocycles. The summed E-state index contributed by atoms with van der Waals surface area (Å²) < 4.78 is 6.64. The quantitative estimate of drug-likeness (QED) is 0.458. The van der Waals surface area contributed by atoms with E-state index in [0.29, 0.717) is 11.1 Å². The average molecular weight is 318 g/mol. The van der Waals surface area contributed by atoms with Crippen molar-refractivity contribution in [2.24, 2.45) is 0 Å². The fourth-order valence-electron chi connectivity index (χ4n) is 2.76. The van der Waals surface area contributed by atoms with Gasteiger partial charge >= 0.3 is 5.63 Å². The van der Waals surface area contributed by atoms with Gasteiger partial charge in [0, 0.05) is 15.0 Å². The van der Waals surface area contributed by atoms with E-state index in [2.05, 4.69) is 19.1 Å². The van der Waals surface area contributed by atoms with E-state index in [4.69, 9.17) is 4.42 Å². The van der Waals surface area contributed by atoms with E-state index in [1.165, 1.54) is 15.0 Å². The molecule has 0 saturated heterocycles. The van der Waals surface area contributed by atoms with Crippen LogP contribution in [0.5, 0.6) is 0 Å². The van der Waals surface area contributed by atoms with Gasteiger partial charge in [-0.3, -0.25) is 0 Å². The van der Waals surface area contributed by atoms with Crippen LogP contribution in [0.25, 0.3) is 33.2 Å². The van der Waals surface area contributed by atoms with Gasteiger partial charge in [-0.25, -0.2) is 4.79 Å². The minimum absolute atomic E-state index is 0.308. The van der Waals surface area contributed by atoms with Crippen molar-refractivity contribution >= 4 is 44.5 Å². The number of aryl methyl sites for hydroxylation is 1. The highest BCUT2D eigenvalue weighted by Crippen LogP contribution is 2.31. The SMILES string of the molecule is Cc1sc2ccccc2c1/C=C/c1cc2ccccc2oc1=O. The van der Waals surface area contributed by atoms with E-state index in [9.17, 15) is 4.79 Å². The van der Waals surface area contributed by atoms with Gasteiger partial charge in [-0.1, -0.05) is 42.5 Å². The maximum absolute atomic E-state index is 12.1. The van der Waals surface area contributed by atoms with Crippen molar-refractivity contribution in [2.75, 3.05) is 0 Å². The zero-order valence-corrected chi connectivity index (χ0v) is 13.4. The molecular weight excluding hydrogens is 304 g/mol. The highest BCUT2D eigenvalue weighted by molar-refractivity contribution is 7.19. The molecule has 3 heteroatoms. The zero-order valence-electron chi connectivity index (χ0n) is 12.6. The first-order chi connectivity index (χ1) is 11.2. The molecule has 0 bridgehead atoms. The molecule has 0 amide bonds. The topological polar surface area (TPSA) is 30.2 Å². The van der Waals surface area contributed by atoms with Crippen molar-refractivity contribution in [1.82, 2.24) is 0 Å². The van der Waals surface area contributed by atoms with Crippen LogP contribution in [0.4, 0.5) is 0 Å². The number of fused-ring (bicyclic) bond motifs is 2. The summed E-state index contributed by atoms with van der Waals surface area (Å²) in [5, 5.41) is 2.15. The minimum Gasteiger partial charge on any atom is -0.422 e. The first-order valence-corrected chi connectivity index (χ1v) is 8.23. The van der Waals surface area contributed by atoms with Crippen LogP contribution < -0.4 is 5.63 Å². The normalized spacial score (nSPS) is 11.7. The largest absolute Gasteiger partial charge is 0.422 e. The van der Waals surface area contributed by atoms with Crippen LogP contribution in [0.2, 0.25) is 0 Å². The van der Waals surface area contributed by atoms with Crippen LogP contribution in [0.15, 0.2) is 63.8 Å². The molecule has 23 heavy (non-hydrogen) atoms. The van der Waals surface area contributed by atoms with Crippen molar-refractivity contribution in [3.05, 3.63) is 81.0 Å². The lowest BCUT2D eigenvalue weighted by Gasteiger charge is -1.98. The standard InChI is InChI=1S/C20H14O2S/c1-13-16(17-7-3-5-9-19(17)23-13)11-10-15-12-14-6-2-4-8-18(14)22-20(15)21/h2-12H,1H3/b11-10+. The predicted octanol–water partition coefficient (Wildman–Crippen LogP) is 5.49. The molecule has 0 unspecified atom stereocenters. The van der Waals surface area contributed by atoms with Gasteiger partial charge in [0.25, 0.3) is 0 Å². The molecule has 4 aromatic rings. The second kappa shape index (κ2) is 5.52. The summed E-state index contributed by atoms with van der Waals surface area (Å²) in [6, 6.07) is 17.7. The number of benzene rings is 2. The molecule has 2 nitrogen and oxygen atoms in total. The van der Waals surface area contributed by atoms with Gasteiger partial charge in [0.15, 0.2) is 0 Å². The Hall–Kier alpha value is -2.65. The third kappa shape index (κ3) is 2.49. The second-order valence-electron chi connectivity index (χ2n) is 5.43. The van der Waals surface area contributed by atoms with Gasteiger partial charge < -0.3 is 4.42 Å².